The summed E-state index contributed by atoms with van der Waals surface area (Å²) in [6.07, 6.45) is -0.178. The number of aliphatic hydroxyl groups is 1. The Hall–Kier alpha value is -1.29. The van der Waals surface area contributed by atoms with Crippen LogP contribution in [0, 0.1) is 11.3 Å². The van der Waals surface area contributed by atoms with Crippen LogP contribution in [0.1, 0.15) is 18.1 Å². The van der Waals surface area contributed by atoms with Gasteiger partial charge in [-0.3, -0.25) is 0 Å². The number of benzene rings is 1. The second-order valence-electron chi connectivity index (χ2n) is 3.98. The van der Waals surface area contributed by atoms with Gasteiger partial charge in [0.05, 0.1) is 17.1 Å². The van der Waals surface area contributed by atoms with E-state index in [9.17, 15) is 0 Å². The third-order valence-corrected chi connectivity index (χ3v) is 3.22. The highest BCUT2D eigenvalue weighted by Crippen LogP contribution is 2.40. The molecule has 1 aromatic rings. The predicted molar refractivity (Wildman–Crippen MR) is 71.1 cm³/mol. The van der Waals surface area contributed by atoms with Gasteiger partial charge in [0.1, 0.15) is 13.2 Å². The number of nitriles is 1. The summed E-state index contributed by atoms with van der Waals surface area (Å²) in [5, 5.41) is 17.9. The number of nitrogens with zero attached hydrogens (tertiary/aromatic N) is 1. The smallest absolute Gasteiger partial charge is 0.175 e. The van der Waals surface area contributed by atoms with Crippen LogP contribution in [0.4, 0.5) is 0 Å². The first kappa shape index (κ1) is 14.1. The highest BCUT2D eigenvalue weighted by Gasteiger charge is 2.20. The first-order valence-electron chi connectivity index (χ1n) is 5.97. The molecule has 6 heteroatoms. The molecule has 0 saturated heterocycles. The second-order valence-corrected chi connectivity index (χ2v) is 4.84. The third kappa shape index (κ3) is 3.38. The molecule has 0 fully saturated rings. The number of hydrogen-bond donors (Lipinski definition) is 1. The van der Waals surface area contributed by atoms with Crippen molar-refractivity contribution >= 4 is 15.9 Å². The summed E-state index contributed by atoms with van der Waals surface area (Å²) >= 11 is 3.40. The zero-order chi connectivity index (χ0) is 13.7. The summed E-state index contributed by atoms with van der Waals surface area (Å²) in [5.41, 5.74) is 0.705. The van der Waals surface area contributed by atoms with E-state index in [1.54, 1.807) is 12.1 Å². The Kier molecular flexibility index (Phi) is 5.02. The number of rotatable bonds is 5. The summed E-state index contributed by atoms with van der Waals surface area (Å²) in [5.74, 6) is 1.27. The molecule has 102 valence electrons. The van der Waals surface area contributed by atoms with Gasteiger partial charge in [0, 0.05) is 12.2 Å². The van der Waals surface area contributed by atoms with Gasteiger partial charge in [-0.05, 0) is 34.5 Å². The Morgan fingerprint density at radius 2 is 2.21 bits per heavy atom. The number of ether oxygens (including phenoxy) is 3. The average molecular weight is 328 g/mol. The van der Waals surface area contributed by atoms with Gasteiger partial charge in [-0.25, -0.2) is 0 Å². The Labute approximate surface area is 119 Å². The van der Waals surface area contributed by atoms with E-state index in [1.165, 1.54) is 0 Å². The van der Waals surface area contributed by atoms with Gasteiger partial charge >= 0.3 is 0 Å². The van der Waals surface area contributed by atoms with Crippen molar-refractivity contribution in [2.75, 3.05) is 26.4 Å². The Balaban J connectivity index is 2.19. The van der Waals surface area contributed by atoms with E-state index in [4.69, 9.17) is 24.6 Å². The first-order chi connectivity index (χ1) is 9.26. The van der Waals surface area contributed by atoms with Crippen LogP contribution in [-0.2, 0) is 4.74 Å². The van der Waals surface area contributed by atoms with E-state index in [-0.39, 0.29) is 6.61 Å². The van der Waals surface area contributed by atoms with Gasteiger partial charge < -0.3 is 19.3 Å². The van der Waals surface area contributed by atoms with Crippen molar-refractivity contribution in [2.45, 2.75) is 12.5 Å². The van der Waals surface area contributed by atoms with Crippen LogP contribution in [-0.4, -0.2) is 31.5 Å². The van der Waals surface area contributed by atoms with Crippen LogP contribution in [0.3, 0.4) is 0 Å². The molecule has 1 aromatic carbocycles. The Morgan fingerprint density at radius 3 is 2.95 bits per heavy atom. The molecule has 19 heavy (non-hydrogen) atoms. The van der Waals surface area contributed by atoms with Crippen molar-refractivity contribution < 1.29 is 19.3 Å². The van der Waals surface area contributed by atoms with Crippen molar-refractivity contribution in [3.8, 4) is 17.6 Å². The predicted octanol–water partition coefficient (Wildman–Crippen LogP) is 2.18. The van der Waals surface area contributed by atoms with Crippen LogP contribution in [0.15, 0.2) is 16.6 Å². The molecule has 0 spiro atoms. The number of halogens is 1. The quantitative estimate of drug-likeness (QED) is 0.839. The molecular formula is C13H14BrNO4. The fraction of sp³-hybridized carbons (Fsp3) is 0.462. The number of hydrogen-bond acceptors (Lipinski definition) is 5. The van der Waals surface area contributed by atoms with Gasteiger partial charge in [0.15, 0.2) is 17.6 Å². The van der Waals surface area contributed by atoms with Gasteiger partial charge in [0.2, 0.25) is 0 Å². The van der Waals surface area contributed by atoms with Crippen LogP contribution in [0.25, 0.3) is 0 Å². The molecule has 1 aliphatic rings. The molecule has 0 amide bonds. The minimum atomic E-state index is -0.682. The molecule has 0 aliphatic carbocycles. The standard InChI is InChI=1S/C13H14BrNO4/c14-10-6-9(12(8-15)17-3-1-2-16)7-11-13(10)19-5-4-18-11/h6-7,12,16H,1-5H2. The zero-order valence-electron chi connectivity index (χ0n) is 10.3. The molecule has 5 nitrogen and oxygen atoms in total. The molecule has 0 aromatic heterocycles. The molecule has 1 aliphatic heterocycles. The first-order valence-corrected chi connectivity index (χ1v) is 6.76. The maximum atomic E-state index is 9.15. The normalized spacial score (nSPS) is 14.8. The molecule has 0 saturated carbocycles. The van der Waals surface area contributed by atoms with Crippen molar-refractivity contribution in [2.24, 2.45) is 0 Å². The molecule has 0 radical (unpaired) electrons. The molecule has 1 atom stereocenters. The molecule has 1 N–H and O–H groups in total. The lowest BCUT2D eigenvalue weighted by Crippen LogP contribution is -2.16. The summed E-state index contributed by atoms with van der Waals surface area (Å²) in [6, 6.07) is 5.64. The van der Waals surface area contributed by atoms with Crippen molar-refractivity contribution in [3.63, 3.8) is 0 Å². The van der Waals surface area contributed by atoms with Crippen LogP contribution in [0.2, 0.25) is 0 Å². The fourth-order valence-electron chi connectivity index (χ4n) is 1.76. The monoisotopic (exact) mass is 327 g/mol. The maximum Gasteiger partial charge on any atom is 0.175 e. The fourth-order valence-corrected chi connectivity index (χ4v) is 2.33. The van der Waals surface area contributed by atoms with Crippen LogP contribution in [0.5, 0.6) is 11.5 Å². The van der Waals surface area contributed by atoms with E-state index in [1.807, 2.05) is 0 Å². The second kappa shape index (κ2) is 6.75. The summed E-state index contributed by atoms with van der Waals surface area (Å²) < 4.78 is 17.2. The lowest BCUT2D eigenvalue weighted by molar-refractivity contribution is 0.0768. The number of aliphatic hydroxyl groups excluding tert-OH is 1. The topological polar surface area (TPSA) is 71.7 Å². The van der Waals surface area contributed by atoms with Gasteiger partial charge in [-0.1, -0.05) is 0 Å². The molecule has 0 bridgehead atoms. The summed E-state index contributed by atoms with van der Waals surface area (Å²) in [4.78, 5) is 0. The summed E-state index contributed by atoms with van der Waals surface area (Å²) in [6.45, 7) is 1.38. The third-order valence-electron chi connectivity index (χ3n) is 2.63. The highest BCUT2D eigenvalue weighted by atomic mass is 79.9. The summed E-state index contributed by atoms with van der Waals surface area (Å²) in [7, 11) is 0. The van der Waals surface area contributed by atoms with Crippen LogP contribution < -0.4 is 9.47 Å². The molecule has 1 heterocycles. The molecule has 1 unspecified atom stereocenters. The largest absolute Gasteiger partial charge is 0.486 e. The minimum absolute atomic E-state index is 0.0446. The van der Waals surface area contributed by atoms with Crippen molar-refractivity contribution in [1.29, 1.82) is 5.26 Å². The van der Waals surface area contributed by atoms with E-state index in [0.717, 1.165) is 4.47 Å². The van der Waals surface area contributed by atoms with Crippen molar-refractivity contribution in [1.82, 2.24) is 0 Å². The highest BCUT2D eigenvalue weighted by molar-refractivity contribution is 9.10. The lowest BCUT2D eigenvalue weighted by Gasteiger charge is -2.21. The van der Waals surface area contributed by atoms with E-state index in [0.29, 0.717) is 43.3 Å². The minimum Gasteiger partial charge on any atom is -0.486 e. The van der Waals surface area contributed by atoms with Gasteiger partial charge in [-0.15, -0.1) is 0 Å². The van der Waals surface area contributed by atoms with Crippen molar-refractivity contribution in [3.05, 3.63) is 22.2 Å². The van der Waals surface area contributed by atoms with E-state index in [2.05, 4.69) is 22.0 Å². The Bertz CT molecular complexity index is 486. The van der Waals surface area contributed by atoms with Gasteiger partial charge in [0.25, 0.3) is 0 Å². The SMILES string of the molecule is N#CC(OCCCO)c1cc(Br)c2c(c1)OCCO2. The van der Waals surface area contributed by atoms with E-state index >= 15 is 0 Å². The lowest BCUT2D eigenvalue weighted by atomic mass is 10.1. The van der Waals surface area contributed by atoms with E-state index < -0.39 is 6.10 Å². The molecule has 2 rings (SSSR count). The zero-order valence-corrected chi connectivity index (χ0v) is 11.9. The van der Waals surface area contributed by atoms with Crippen LogP contribution >= 0.6 is 15.9 Å². The average Bonchev–Trinajstić information content (AvgIpc) is 2.44. The number of fused-ring (bicyclic) bond motifs is 1. The molecular weight excluding hydrogens is 314 g/mol. The maximum absolute atomic E-state index is 9.15. The Morgan fingerprint density at radius 1 is 1.42 bits per heavy atom. The van der Waals surface area contributed by atoms with Gasteiger partial charge in [-0.2, -0.15) is 5.26 Å².